The summed E-state index contributed by atoms with van der Waals surface area (Å²) >= 11 is 1.62. The number of rotatable bonds is 3. The van der Waals surface area contributed by atoms with Crippen LogP contribution in [-0.2, 0) is 6.42 Å². The first-order valence-electron chi connectivity index (χ1n) is 5.03. The maximum atomic E-state index is 5.49. The molecule has 3 heterocycles. The molecule has 0 aliphatic rings. The number of H-pyrrole nitrogens is 1. The van der Waals surface area contributed by atoms with Gasteiger partial charge in [-0.1, -0.05) is 0 Å². The fourth-order valence-electron chi connectivity index (χ4n) is 1.68. The molecule has 82 valence electrons. The number of nitrogens with one attached hydrogen (secondary N) is 1. The van der Waals surface area contributed by atoms with E-state index in [1.807, 2.05) is 28.4 Å². The summed E-state index contributed by atoms with van der Waals surface area (Å²) in [5, 5.41) is 2.02. The van der Waals surface area contributed by atoms with Gasteiger partial charge in [-0.05, 0) is 6.54 Å². The van der Waals surface area contributed by atoms with Crippen LogP contribution in [0, 0.1) is 0 Å². The Hall–Kier alpha value is -1.66. The van der Waals surface area contributed by atoms with Crippen LogP contribution in [0.5, 0.6) is 0 Å². The molecule has 0 saturated heterocycles. The van der Waals surface area contributed by atoms with Gasteiger partial charge in [-0.3, -0.25) is 4.40 Å². The van der Waals surface area contributed by atoms with Gasteiger partial charge in [-0.15, -0.1) is 11.3 Å². The topological polar surface area (TPSA) is 72.0 Å². The molecule has 0 aromatic carbocycles. The Morgan fingerprint density at radius 1 is 1.38 bits per heavy atom. The van der Waals surface area contributed by atoms with Crippen molar-refractivity contribution in [3.8, 4) is 11.4 Å². The van der Waals surface area contributed by atoms with Crippen LogP contribution in [0.1, 0.15) is 5.82 Å². The predicted molar refractivity (Wildman–Crippen MR) is 63.4 cm³/mol. The standard InChI is InChI=1S/C10H11N5S/c11-2-1-9-12-5-7(14-9)8-6-13-10-15(8)3-4-16-10/h3-6H,1-2,11H2,(H,12,14). The first-order chi connectivity index (χ1) is 7.88. The monoisotopic (exact) mass is 233 g/mol. The number of thiazole rings is 1. The molecule has 0 fully saturated rings. The lowest BCUT2D eigenvalue weighted by molar-refractivity contribution is 0.894. The first-order valence-corrected chi connectivity index (χ1v) is 5.91. The van der Waals surface area contributed by atoms with Gasteiger partial charge in [0.05, 0.1) is 23.8 Å². The maximum absolute atomic E-state index is 5.49. The number of fused-ring (bicyclic) bond motifs is 1. The highest BCUT2D eigenvalue weighted by molar-refractivity contribution is 7.15. The second-order valence-electron chi connectivity index (χ2n) is 3.48. The van der Waals surface area contributed by atoms with E-state index in [1.165, 1.54) is 0 Å². The van der Waals surface area contributed by atoms with Gasteiger partial charge in [-0.2, -0.15) is 0 Å². The number of hydrogen-bond acceptors (Lipinski definition) is 4. The van der Waals surface area contributed by atoms with Crippen molar-refractivity contribution in [2.24, 2.45) is 5.73 Å². The summed E-state index contributed by atoms with van der Waals surface area (Å²) < 4.78 is 2.05. The highest BCUT2D eigenvalue weighted by Crippen LogP contribution is 2.21. The Balaban J connectivity index is 2.05. The molecule has 5 nitrogen and oxygen atoms in total. The van der Waals surface area contributed by atoms with Crippen molar-refractivity contribution < 1.29 is 0 Å². The quantitative estimate of drug-likeness (QED) is 0.716. The van der Waals surface area contributed by atoms with Crippen molar-refractivity contribution in [1.29, 1.82) is 0 Å². The zero-order valence-electron chi connectivity index (χ0n) is 8.55. The van der Waals surface area contributed by atoms with Crippen LogP contribution in [0.4, 0.5) is 0 Å². The van der Waals surface area contributed by atoms with Gasteiger partial charge in [0.2, 0.25) is 0 Å². The van der Waals surface area contributed by atoms with Gasteiger partial charge in [-0.25, -0.2) is 9.97 Å². The molecule has 0 unspecified atom stereocenters. The minimum atomic E-state index is 0.604. The van der Waals surface area contributed by atoms with Gasteiger partial charge in [0.25, 0.3) is 0 Å². The zero-order valence-corrected chi connectivity index (χ0v) is 9.37. The Labute approximate surface area is 96.0 Å². The second-order valence-corrected chi connectivity index (χ2v) is 4.35. The summed E-state index contributed by atoms with van der Waals surface area (Å²) in [6.07, 6.45) is 6.45. The molecule has 3 aromatic heterocycles. The number of hydrogen-bond donors (Lipinski definition) is 2. The van der Waals surface area contributed by atoms with Gasteiger partial charge in [0.1, 0.15) is 5.82 Å². The molecular formula is C10H11N5S. The van der Waals surface area contributed by atoms with Crippen molar-refractivity contribution in [1.82, 2.24) is 19.4 Å². The van der Waals surface area contributed by atoms with Crippen molar-refractivity contribution in [3.63, 3.8) is 0 Å². The van der Waals surface area contributed by atoms with Crippen LogP contribution in [0.15, 0.2) is 24.0 Å². The molecule has 3 N–H and O–H groups in total. The molecule has 3 rings (SSSR count). The Morgan fingerprint density at radius 2 is 2.31 bits per heavy atom. The van der Waals surface area contributed by atoms with E-state index in [0.29, 0.717) is 6.54 Å². The normalized spacial score (nSPS) is 11.3. The zero-order chi connectivity index (χ0) is 11.0. The third-order valence-corrected chi connectivity index (χ3v) is 3.20. The molecular weight excluding hydrogens is 222 g/mol. The number of imidazole rings is 2. The summed E-state index contributed by atoms with van der Waals surface area (Å²) in [5.41, 5.74) is 7.50. The van der Waals surface area contributed by atoms with E-state index in [2.05, 4.69) is 15.0 Å². The lowest BCUT2D eigenvalue weighted by Crippen LogP contribution is -2.03. The molecule has 0 bridgehead atoms. The molecule has 0 atom stereocenters. The summed E-state index contributed by atoms with van der Waals surface area (Å²) in [5.74, 6) is 0.919. The van der Waals surface area contributed by atoms with E-state index in [9.17, 15) is 0 Å². The second kappa shape index (κ2) is 3.73. The molecule has 3 aromatic rings. The van der Waals surface area contributed by atoms with E-state index in [0.717, 1.165) is 28.6 Å². The van der Waals surface area contributed by atoms with Crippen LogP contribution in [0.2, 0.25) is 0 Å². The maximum Gasteiger partial charge on any atom is 0.194 e. The summed E-state index contributed by atoms with van der Waals surface area (Å²) in [7, 11) is 0. The van der Waals surface area contributed by atoms with Gasteiger partial charge in [0, 0.05) is 18.0 Å². The predicted octanol–water partition coefficient (Wildman–Crippen LogP) is 1.29. The molecule has 0 radical (unpaired) electrons. The van der Waals surface area contributed by atoms with Crippen molar-refractivity contribution >= 4 is 16.3 Å². The van der Waals surface area contributed by atoms with E-state index in [4.69, 9.17) is 5.73 Å². The van der Waals surface area contributed by atoms with Crippen LogP contribution in [0.3, 0.4) is 0 Å². The molecule has 0 spiro atoms. The molecule has 0 aliphatic carbocycles. The summed E-state index contributed by atoms with van der Waals surface area (Å²) in [6.45, 7) is 0.604. The first kappa shape index (κ1) is 9.56. The van der Waals surface area contributed by atoms with E-state index >= 15 is 0 Å². The van der Waals surface area contributed by atoms with Crippen molar-refractivity contribution in [2.75, 3.05) is 6.54 Å². The van der Waals surface area contributed by atoms with Crippen LogP contribution >= 0.6 is 11.3 Å². The van der Waals surface area contributed by atoms with Crippen molar-refractivity contribution in [2.45, 2.75) is 6.42 Å². The highest BCUT2D eigenvalue weighted by atomic mass is 32.1. The van der Waals surface area contributed by atoms with Gasteiger partial charge in [0.15, 0.2) is 4.96 Å². The van der Waals surface area contributed by atoms with Gasteiger partial charge >= 0.3 is 0 Å². The summed E-state index contributed by atoms with van der Waals surface area (Å²) in [4.78, 5) is 12.8. The fraction of sp³-hybridized carbons (Fsp3) is 0.200. The average molecular weight is 233 g/mol. The van der Waals surface area contributed by atoms with Crippen LogP contribution in [-0.4, -0.2) is 25.9 Å². The minimum absolute atomic E-state index is 0.604. The SMILES string of the molecule is NCCc1ncc(-c2cnc3sccn23)[nH]1. The number of nitrogens with zero attached hydrogens (tertiary/aromatic N) is 3. The number of nitrogens with two attached hydrogens (primary N) is 1. The van der Waals surface area contributed by atoms with Crippen LogP contribution < -0.4 is 5.73 Å². The Bertz CT molecular complexity index is 605. The van der Waals surface area contributed by atoms with Crippen LogP contribution in [0.25, 0.3) is 16.3 Å². The fourth-order valence-corrected chi connectivity index (χ4v) is 2.37. The number of aromatic amines is 1. The largest absolute Gasteiger partial charge is 0.341 e. The third-order valence-electron chi connectivity index (χ3n) is 2.43. The number of aromatic nitrogens is 4. The lowest BCUT2D eigenvalue weighted by Gasteiger charge is -1.94. The smallest absolute Gasteiger partial charge is 0.194 e. The van der Waals surface area contributed by atoms with Gasteiger partial charge < -0.3 is 10.7 Å². The molecule has 6 heteroatoms. The molecule has 16 heavy (non-hydrogen) atoms. The summed E-state index contributed by atoms with van der Waals surface area (Å²) in [6, 6.07) is 0. The van der Waals surface area contributed by atoms with E-state index in [-0.39, 0.29) is 0 Å². The van der Waals surface area contributed by atoms with Crippen molar-refractivity contribution in [3.05, 3.63) is 29.8 Å². The molecule has 0 aliphatic heterocycles. The third kappa shape index (κ3) is 1.43. The highest BCUT2D eigenvalue weighted by Gasteiger charge is 2.08. The molecule has 0 amide bonds. The minimum Gasteiger partial charge on any atom is -0.341 e. The van der Waals surface area contributed by atoms with E-state index in [1.54, 1.807) is 11.3 Å². The Morgan fingerprint density at radius 3 is 3.19 bits per heavy atom. The Kier molecular flexibility index (Phi) is 2.23. The average Bonchev–Trinajstić information content (AvgIpc) is 2.90. The molecule has 0 saturated carbocycles. The lowest BCUT2D eigenvalue weighted by atomic mass is 10.3. The van der Waals surface area contributed by atoms with E-state index < -0.39 is 0 Å².